The first-order valence-corrected chi connectivity index (χ1v) is 7.42. The predicted molar refractivity (Wildman–Crippen MR) is 84.8 cm³/mol. The number of hydrogen-bond acceptors (Lipinski definition) is 5. The van der Waals surface area contributed by atoms with Crippen LogP contribution in [0.3, 0.4) is 0 Å². The Labute approximate surface area is 129 Å². The largest absolute Gasteiger partial charge is 0.393 e. The van der Waals surface area contributed by atoms with Crippen molar-refractivity contribution in [2.24, 2.45) is 5.92 Å². The molecule has 7 nitrogen and oxygen atoms in total. The van der Waals surface area contributed by atoms with Crippen LogP contribution in [0.1, 0.15) is 28.8 Å². The fourth-order valence-corrected chi connectivity index (χ4v) is 2.98. The van der Waals surface area contributed by atoms with Gasteiger partial charge in [0.05, 0.1) is 10.5 Å². The third kappa shape index (κ3) is 3.36. The number of carbonyl (C=O) groups is 1. The van der Waals surface area contributed by atoms with E-state index in [0.717, 1.165) is 19.4 Å². The maximum absolute atomic E-state index is 12.7. The molecule has 1 amide bonds. The molecule has 1 aromatic rings. The third-order valence-electron chi connectivity index (χ3n) is 4.03. The molecule has 0 bridgehead atoms. The molecule has 0 saturated carbocycles. The maximum Gasteiger partial charge on any atom is 0.293 e. The number of anilines is 1. The van der Waals surface area contributed by atoms with Crippen molar-refractivity contribution in [2.45, 2.75) is 19.8 Å². The van der Waals surface area contributed by atoms with Crippen LogP contribution in [0.2, 0.25) is 0 Å². The quantitative estimate of drug-likeness (QED) is 0.499. The second-order valence-corrected chi connectivity index (χ2v) is 5.82. The molecule has 1 saturated heterocycles. The van der Waals surface area contributed by atoms with Gasteiger partial charge in [-0.25, -0.2) is 0 Å². The van der Waals surface area contributed by atoms with Gasteiger partial charge in [0.15, 0.2) is 0 Å². The van der Waals surface area contributed by atoms with Crippen LogP contribution in [-0.2, 0) is 0 Å². The number of nitrogens with one attached hydrogen (secondary N) is 1. The van der Waals surface area contributed by atoms with Crippen molar-refractivity contribution in [1.82, 2.24) is 10.2 Å². The zero-order chi connectivity index (χ0) is 16.3. The first kappa shape index (κ1) is 16.2. The molecule has 0 aromatic heterocycles. The van der Waals surface area contributed by atoms with Gasteiger partial charge in [0.2, 0.25) is 0 Å². The summed E-state index contributed by atoms with van der Waals surface area (Å²) >= 11 is 0. The lowest BCUT2D eigenvalue weighted by atomic mass is 9.96. The van der Waals surface area contributed by atoms with Crippen LogP contribution >= 0.6 is 0 Å². The second-order valence-electron chi connectivity index (χ2n) is 5.82. The molecule has 22 heavy (non-hydrogen) atoms. The highest BCUT2D eigenvalue weighted by atomic mass is 16.6. The van der Waals surface area contributed by atoms with E-state index in [-0.39, 0.29) is 22.8 Å². The van der Waals surface area contributed by atoms with Crippen LogP contribution < -0.4 is 11.1 Å². The average molecular weight is 306 g/mol. The van der Waals surface area contributed by atoms with Gasteiger partial charge in [-0.1, -0.05) is 0 Å². The maximum atomic E-state index is 12.7. The Morgan fingerprint density at radius 2 is 2.27 bits per heavy atom. The van der Waals surface area contributed by atoms with Crippen molar-refractivity contribution in [2.75, 3.05) is 32.4 Å². The Hall–Kier alpha value is -2.15. The molecule has 0 radical (unpaired) electrons. The standard InChI is InChI=1S/C15H22N4O3/c1-10-6-12(14(16)13(7-10)19(21)22)15(20)18-5-3-4-11(9-18)8-17-2/h6-7,11,17H,3-5,8-9,16H2,1-2H3. The number of likely N-dealkylation sites (tertiary alicyclic amines) is 1. The van der Waals surface area contributed by atoms with Crippen LogP contribution in [-0.4, -0.2) is 42.4 Å². The van der Waals surface area contributed by atoms with Crippen molar-refractivity contribution >= 4 is 17.3 Å². The highest BCUT2D eigenvalue weighted by Crippen LogP contribution is 2.29. The summed E-state index contributed by atoms with van der Waals surface area (Å²) in [6.07, 6.45) is 2.01. The number of nitrogen functional groups attached to an aromatic ring is 1. The number of piperidine rings is 1. The number of rotatable bonds is 4. The Bertz CT molecular complexity index is 586. The van der Waals surface area contributed by atoms with E-state index in [1.807, 2.05) is 7.05 Å². The molecule has 1 aromatic carbocycles. The van der Waals surface area contributed by atoms with E-state index < -0.39 is 4.92 Å². The van der Waals surface area contributed by atoms with E-state index in [2.05, 4.69) is 5.32 Å². The minimum Gasteiger partial charge on any atom is -0.393 e. The molecule has 2 rings (SSSR count). The van der Waals surface area contributed by atoms with Crippen molar-refractivity contribution in [1.29, 1.82) is 0 Å². The summed E-state index contributed by atoms with van der Waals surface area (Å²) in [5, 5.41) is 14.2. The number of carbonyl (C=O) groups excluding carboxylic acids is 1. The summed E-state index contributed by atoms with van der Waals surface area (Å²) in [6, 6.07) is 3.03. The van der Waals surface area contributed by atoms with Crippen LogP contribution in [0.4, 0.5) is 11.4 Å². The fourth-order valence-electron chi connectivity index (χ4n) is 2.98. The van der Waals surface area contributed by atoms with E-state index in [0.29, 0.717) is 24.6 Å². The number of aryl methyl sites for hydroxylation is 1. The van der Waals surface area contributed by atoms with Gasteiger partial charge >= 0.3 is 0 Å². The number of nitrogens with two attached hydrogens (primary N) is 1. The SMILES string of the molecule is CNCC1CCCN(C(=O)c2cc(C)cc([N+](=O)[O-])c2N)C1. The number of nitro benzene ring substituents is 1. The Morgan fingerprint density at radius 1 is 1.55 bits per heavy atom. The minimum absolute atomic E-state index is 0.0451. The lowest BCUT2D eigenvalue weighted by molar-refractivity contribution is -0.384. The van der Waals surface area contributed by atoms with Gasteiger partial charge in [-0.15, -0.1) is 0 Å². The fraction of sp³-hybridized carbons (Fsp3) is 0.533. The van der Waals surface area contributed by atoms with Gasteiger partial charge in [-0.3, -0.25) is 14.9 Å². The molecule has 3 N–H and O–H groups in total. The highest BCUT2D eigenvalue weighted by molar-refractivity contribution is 6.01. The molecular weight excluding hydrogens is 284 g/mol. The first-order valence-electron chi connectivity index (χ1n) is 7.42. The summed E-state index contributed by atoms with van der Waals surface area (Å²) < 4.78 is 0. The lowest BCUT2D eigenvalue weighted by Crippen LogP contribution is -2.42. The highest BCUT2D eigenvalue weighted by Gasteiger charge is 2.28. The van der Waals surface area contributed by atoms with Crippen molar-refractivity contribution in [3.63, 3.8) is 0 Å². The summed E-state index contributed by atoms with van der Waals surface area (Å²) in [5.74, 6) is 0.189. The van der Waals surface area contributed by atoms with Crippen LogP contribution in [0.5, 0.6) is 0 Å². The summed E-state index contributed by atoms with van der Waals surface area (Å²) in [7, 11) is 1.89. The van der Waals surface area contributed by atoms with Crippen molar-refractivity contribution < 1.29 is 9.72 Å². The third-order valence-corrected chi connectivity index (χ3v) is 4.03. The topological polar surface area (TPSA) is 102 Å². The molecule has 1 unspecified atom stereocenters. The van der Waals surface area contributed by atoms with Gasteiger partial charge in [-0.05, 0) is 50.9 Å². The zero-order valence-corrected chi connectivity index (χ0v) is 13.0. The molecule has 1 aliphatic heterocycles. The number of benzene rings is 1. The number of nitro groups is 1. The van der Waals surface area contributed by atoms with E-state index in [9.17, 15) is 14.9 Å². The smallest absolute Gasteiger partial charge is 0.293 e. The zero-order valence-electron chi connectivity index (χ0n) is 13.0. The van der Waals surface area contributed by atoms with Crippen molar-refractivity contribution in [3.05, 3.63) is 33.4 Å². The summed E-state index contributed by atoms with van der Waals surface area (Å²) in [6.45, 7) is 3.90. The van der Waals surface area contributed by atoms with Crippen LogP contribution in [0.15, 0.2) is 12.1 Å². The summed E-state index contributed by atoms with van der Waals surface area (Å²) in [5.41, 5.74) is 6.50. The molecule has 1 heterocycles. The first-order chi connectivity index (χ1) is 10.4. The molecule has 1 atom stereocenters. The normalized spacial score (nSPS) is 18.3. The molecule has 1 aliphatic rings. The minimum atomic E-state index is -0.543. The molecule has 0 aliphatic carbocycles. The number of hydrogen-bond donors (Lipinski definition) is 2. The number of amides is 1. The molecular formula is C15H22N4O3. The van der Waals surface area contributed by atoms with Gasteiger partial charge in [0.1, 0.15) is 5.69 Å². The monoisotopic (exact) mass is 306 g/mol. The van der Waals surface area contributed by atoms with Crippen LogP contribution in [0.25, 0.3) is 0 Å². The Morgan fingerprint density at radius 3 is 2.91 bits per heavy atom. The Balaban J connectivity index is 2.27. The molecule has 0 spiro atoms. The summed E-state index contributed by atoms with van der Waals surface area (Å²) in [4.78, 5) is 25.0. The molecule has 7 heteroatoms. The van der Waals surface area contributed by atoms with Crippen molar-refractivity contribution in [3.8, 4) is 0 Å². The lowest BCUT2D eigenvalue weighted by Gasteiger charge is -2.33. The predicted octanol–water partition coefficient (Wildman–Crippen LogP) is 1.56. The molecule has 1 fully saturated rings. The second kappa shape index (κ2) is 6.74. The van der Waals surface area contributed by atoms with Gasteiger partial charge in [0.25, 0.3) is 11.6 Å². The van der Waals surface area contributed by atoms with Gasteiger partial charge < -0.3 is 16.0 Å². The average Bonchev–Trinajstić information content (AvgIpc) is 2.49. The Kier molecular flexibility index (Phi) is 4.97. The van der Waals surface area contributed by atoms with Crippen LogP contribution in [0, 0.1) is 23.0 Å². The van der Waals surface area contributed by atoms with E-state index >= 15 is 0 Å². The van der Waals surface area contributed by atoms with E-state index in [4.69, 9.17) is 5.73 Å². The molecule has 120 valence electrons. The van der Waals surface area contributed by atoms with Gasteiger partial charge in [0, 0.05) is 19.2 Å². The van der Waals surface area contributed by atoms with E-state index in [1.54, 1.807) is 17.9 Å². The van der Waals surface area contributed by atoms with Gasteiger partial charge in [-0.2, -0.15) is 0 Å². The number of nitrogens with zero attached hydrogens (tertiary/aromatic N) is 2. The van der Waals surface area contributed by atoms with E-state index in [1.165, 1.54) is 6.07 Å².